The van der Waals surface area contributed by atoms with E-state index in [1.54, 1.807) is 0 Å². The number of aliphatic carboxylic acids is 1. The van der Waals surface area contributed by atoms with E-state index >= 15 is 0 Å². The molecule has 4 atom stereocenters. The Bertz CT molecular complexity index is 485. The lowest BCUT2D eigenvalue weighted by molar-refractivity contribution is -0.139. The highest BCUT2D eigenvalue weighted by atomic mass is 32.2. The largest absolute Gasteiger partial charge is 0.480 e. The average Bonchev–Trinajstić information content (AvgIpc) is 2.37. The van der Waals surface area contributed by atoms with Crippen molar-refractivity contribution in [3.63, 3.8) is 0 Å². The van der Waals surface area contributed by atoms with Crippen molar-refractivity contribution in [1.82, 2.24) is 5.32 Å². The van der Waals surface area contributed by atoms with E-state index in [-0.39, 0.29) is 17.2 Å². The van der Waals surface area contributed by atoms with Crippen LogP contribution in [-0.4, -0.2) is 42.6 Å². The van der Waals surface area contributed by atoms with Gasteiger partial charge in [0.15, 0.2) is 9.84 Å². The summed E-state index contributed by atoms with van der Waals surface area (Å²) in [6, 6.07) is -1.14. The number of sulfone groups is 1. The maximum atomic E-state index is 12.4. The molecular weight excluding hydrogens is 278 g/mol. The van der Waals surface area contributed by atoms with Gasteiger partial charge in [0.05, 0.1) is 11.0 Å². The quantitative estimate of drug-likeness (QED) is 0.824. The Hall–Kier alpha value is -0.620. The molecule has 2 N–H and O–H groups in total. The van der Waals surface area contributed by atoms with Crippen LogP contribution in [0, 0.1) is 11.3 Å². The minimum atomic E-state index is -3.32. The van der Waals surface area contributed by atoms with Crippen LogP contribution in [0.5, 0.6) is 0 Å². The van der Waals surface area contributed by atoms with Crippen LogP contribution in [0.4, 0.5) is 0 Å². The fourth-order valence-electron chi connectivity index (χ4n) is 3.52. The van der Waals surface area contributed by atoms with E-state index in [0.717, 1.165) is 19.3 Å². The second-order valence-electron chi connectivity index (χ2n) is 6.88. The standard InChI is InChI=1S/C14H25NO4S/c1-4-14(2,3)9-5-6-10-12(7-9)20(18,19)8-11(15-10)13(16)17/h9-12,15H,4-8H2,1-3H3,(H,16,17). The van der Waals surface area contributed by atoms with Gasteiger partial charge in [0, 0.05) is 6.04 Å². The van der Waals surface area contributed by atoms with Crippen molar-refractivity contribution >= 4 is 15.8 Å². The third-order valence-corrected chi connectivity index (χ3v) is 7.62. The van der Waals surface area contributed by atoms with Gasteiger partial charge in [0.2, 0.25) is 0 Å². The predicted molar refractivity (Wildman–Crippen MR) is 77.3 cm³/mol. The van der Waals surface area contributed by atoms with Gasteiger partial charge in [-0.2, -0.15) is 0 Å². The minimum absolute atomic E-state index is 0.143. The topological polar surface area (TPSA) is 83.5 Å². The molecule has 1 saturated heterocycles. The summed E-state index contributed by atoms with van der Waals surface area (Å²) in [5, 5.41) is 11.7. The first-order valence-electron chi connectivity index (χ1n) is 7.38. The van der Waals surface area contributed by atoms with Gasteiger partial charge < -0.3 is 5.11 Å². The third-order valence-electron chi connectivity index (χ3n) is 5.38. The number of fused-ring (bicyclic) bond motifs is 1. The van der Waals surface area contributed by atoms with Crippen LogP contribution in [0.25, 0.3) is 0 Å². The molecule has 2 aliphatic rings. The molecule has 2 fully saturated rings. The van der Waals surface area contributed by atoms with Crippen LogP contribution < -0.4 is 5.32 Å². The van der Waals surface area contributed by atoms with Crippen molar-refractivity contribution in [2.45, 2.75) is 63.8 Å². The van der Waals surface area contributed by atoms with Gasteiger partial charge in [-0.3, -0.25) is 10.1 Å². The van der Waals surface area contributed by atoms with Gasteiger partial charge in [-0.1, -0.05) is 27.2 Å². The Morgan fingerprint density at radius 2 is 2.00 bits per heavy atom. The molecule has 116 valence electrons. The molecule has 6 heteroatoms. The van der Waals surface area contributed by atoms with Crippen molar-refractivity contribution in [3.8, 4) is 0 Å². The summed E-state index contributed by atoms with van der Waals surface area (Å²) in [5.41, 5.74) is 0.143. The van der Waals surface area contributed by atoms with Crippen LogP contribution in [0.1, 0.15) is 46.5 Å². The Kier molecular flexibility index (Phi) is 4.17. The first-order chi connectivity index (χ1) is 9.17. The second kappa shape index (κ2) is 5.30. The number of carboxylic acids is 1. The molecule has 0 spiro atoms. The van der Waals surface area contributed by atoms with E-state index < -0.39 is 27.1 Å². The summed E-state index contributed by atoms with van der Waals surface area (Å²) >= 11 is 0. The Morgan fingerprint density at radius 3 is 2.55 bits per heavy atom. The van der Waals surface area contributed by atoms with E-state index in [2.05, 4.69) is 26.1 Å². The molecule has 0 aromatic heterocycles. The van der Waals surface area contributed by atoms with Crippen molar-refractivity contribution < 1.29 is 18.3 Å². The monoisotopic (exact) mass is 303 g/mol. The zero-order valence-corrected chi connectivity index (χ0v) is 13.2. The number of carbonyl (C=O) groups is 1. The van der Waals surface area contributed by atoms with Crippen molar-refractivity contribution in [2.75, 3.05) is 5.75 Å². The van der Waals surface area contributed by atoms with Crippen molar-refractivity contribution in [1.29, 1.82) is 0 Å². The highest BCUT2D eigenvalue weighted by molar-refractivity contribution is 7.92. The van der Waals surface area contributed by atoms with Crippen LogP contribution in [0.3, 0.4) is 0 Å². The lowest BCUT2D eigenvalue weighted by Crippen LogP contribution is -2.62. The molecule has 1 aliphatic carbocycles. The Morgan fingerprint density at radius 1 is 1.35 bits per heavy atom. The molecular formula is C14H25NO4S. The summed E-state index contributed by atoms with van der Waals surface area (Å²) in [6.07, 6.45) is 3.41. The molecule has 0 radical (unpaired) electrons. The van der Waals surface area contributed by atoms with E-state index in [1.165, 1.54) is 0 Å². The van der Waals surface area contributed by atoms with Gasteiger partial charge >= 0.3 is 5.97 Å². The smallest absolute Gasteiger partial charge is 0.321 e. The van der Waals surface area contributed by atoms with Crippen molar-refractivity contribution in [3.05, 3.63) is 0 Å². The highest BCUT2D eigenvalue weighted by Crippen LogP contribution is 2.43. The predicted octanol–water partition coefficient (Wildman–Crippen LogP) is 1.43. The molecule has 2 rings (SSSR count). The van der Waals surface area contributed by atoms with Crippen LogP contribution in [0.2, 0.25) is 0 Å². The fraction of sp³-hybridized carbons (Fsp3) is 0.929. The van der Waals surface area contributed by atoms with Gasteiger partial charge in [-0.25, -0.2) is 8.42 Å². The molecule has 0 aromatic carbocycles. The molecule has 1 heterocycles. The molecule has 1 aliphatic heterocycles. The average molecular weight is 303 g/mol. The van der Waals surface area contributed by atoms with E-state index in [0.29, 0.717) is 12.3 Å². The maximum absolute atomic E-state index is 12.4. The zero-order chi connectivity index (χ0) is 15.1. The first-order valence-corrected chi connectivity index (χ1v) is 9.09. The Labute approximate surface area is 121 Å². The third kappa shape index (κ3) is 2.86. The Balaban J connectivity index is 2.19. The second-order valence-corrected chi connectivity index (χ2v) is 9.15. The fourth-order valence-corrected chi connectivity index (χ4v) is 5.71. The number of hydrogen-bond donors (Lipinski definition) is 2. The van der Waals surface area contributed by atoms with Gasteiger partial charge in [-0.15, -0.1) is 0 Å². The maximum Gasteiger partial charge on any atom is 0.321 e. The molecule has 4 unspecified atom stereocenters. The van der Waals surface area contributed by atoms with Crippen LogP contribution >= 0.6 is 0 Å². The molecule has 20 heavy (non-hydrogen) atoms. The zero-order valence-electron chi connectivity index (χ0n) is 12.4. The molecule has 0 bridgehead atoms. The summed E-state index contributed by atoms with van der Waals surface area (Å²) in [6.45, 7) is 6.53. The molecule has 5 nitrogen and oxygen atoms in total. The van der Waals surface area contributed by atoms with E-state index in [1.807, 2.05) is 0 Å². The van der Waals surface area contributed by atoms with Crippen LogP contribution in [-0.2, 0) is 14.6 Å². The highest BCUT2D eigenvalue weighted by Gasteiger charge is 2.48. The number of carboxylic acid groups (broad SMARTS) is 1. The SMILES string of the molecule is CCC(C)(C)C1CCC2NC(C(=O)O)CS(=O)(=O)C2C1. The number of rotatable bonds is 3. The van der Waals surface area contributed by atoms with Crippen LogP contribution in [0.15, 0.2) is 0 Å². The lowest BCUT2D eigenvalue weighted by atomic mass is 9.68. The molecule has 1 saturated carbocycles. The lowest BCUT2D eigenvalue weighted by Gasteiger charge is -2.45. The molecule has 0 amide bonds. The normalized spacial score (nSPS) is 37.1. The van der Waals surface area contributed by atoms with Crippen molar-refractivity contribution in [2.24, 2.45) is 11.3 Å². The summed E-state index contributed by atoms with van der Waals surface area (Å²) in [5.74, 6) is -0.947. The summed E-state index contributed by atoms with van der Waals surface area (Å²) in [7, 11) is -3.32. The number of nitrogens with one attached hydrogen (secondary N) is 1. The first kappa shape index (κ1) is 15.8. The van der Waals surface area contributed by atoms with Gasteiger partial charge in [0.25, 0.3) is 0 Å². The number of hydrogen-bond acceptors (Lipinski definition) is 4. The van der Waals surface area contributed by atoms with Gasteiger partial charge in [-0.05, 0) is 30.6 Å². The summed E-state index contributed by atoms with van der Waals surface area (Å²) in [4.78, 5) is 11.1. The summed E-state index contributed by atoms with van der Waals surface area (Å²) < 4.78 is 24.8. The van der Waals surface area contributed by atoms with E-state index in [4.69, 9.17) is 5.11 Å². The minimum Gasteiger partial charge on any atom is -0.480 e. The van der Waals surface area contributed by atoms with E-state index in [9.17, 15) is 13.2 Å². The van der Waals surface area contributed by atoms with Gasteiger partial charge in [0.1, 0.15) is 6.04 Å². The molecule has 0 aromatic rings.